The number of rotatable bonds is 11. The summed E-state index contributed by atoms with van der Waals surface area (Å²) in [5, 5.41) is 0.882. The first-order valence-electron chi connectivity index (χ1n) is 12.7. The number of carbonyl (C=O) groups is 2. The van der Waals surface area contributed by atoms with E-state index in [4.69, 9.17) is 16.3 Å². The Bertz CT molecular complexity index is 1600. The van der Waals surface area contributed by atoms with Crippen molar-refractivity contribution >= 4 is 34.8 Å². The van der Waals surface area contributed by atoms with Gasteiger partial charge in [-0.2, -0.15) is 22.0 Å². The van der Waals surface area contributed by atoms with Crippen LogP contribution in [-0.2, 0) is 5.67 Å². The minimum Gasteiger partial charge on any atom is -0.494 e. The van der Waals surface area contributed by atoms with Gasteiger partial charge in [0.1, 0.15) is 11.4 Å². The highest BCUT2D eigenvalue weighted by Crippen LogP contribution is 2.50. The Hall–Kier alpha value is -4.48. The van der Waals surface area contributed by atoms with Gasteiger partial charge in [0.2, 0.25) is 0 Å². The van der Waals surface area contributed by atoms with E-state index < -0.39 is 76.4 Å². The standard InChI is InChI=1S/C28H20ClF11N2O5/c1-3-42(23(44)13-7-9-15(10-8-13)47-28(38,39)40)18-6-4-5-16(21(18)45-2)22(43)41-20-17(29)11-14(12-19(20)46-25(32)33)26(34,24(30)31)27(35,36)37/h4-12,24-25H,3H2,1-2H3,(H,41,43). The number of para-hydroxylation sites is 1. The number of hydrogen-bond donors (Lipinski definition) is 1. The second-order valence-corrected chi connectivity index (χ2v) is 9.56. The van der Waals surface area contributed by atoms with Gasteiger partial charge in [0.25, 0.3) is 23.9 Å². The second kappa shape index (κ2) is 14.1. The summed E-state index contributed by atoms with van der Waals surface area (Å²) in [5.41, 5.74) is -8.86. The van der Waals surface area contributed by atoms with E-state index in [-0.39, 0.29) is 35.7 Å². The first-order chi connectivity index (χ1) is 21.7. The number of ether oxygens (including phenoxy) is 3. The molecule has 0 saturated heterocycles. The molecule has 2 amide bonds. The molecule has 0 aliphatic heterocycles. The zero-order valence-electron chi connectivity index (χ0n) is 23.6. The van der Waals surface area contributed by atoms with Crippen molar-refractivity contribution in [2.75, 3.05) is 23.9 Å². The highest BCUT2D eigenvalue weighted by atomic mass is 35.5. The number of nitrogens with zero attached hydrogens (tertiary/aromatic N) is 1. The van der Waals surface area contributed by atoms with Gasteiger partial charge in [-0.3, -0.25) is 9.59 Å². The lowest BCUT2D eigenvalue weighted by molar-refractivity contribution is -0.275. The summed E-state index contributed by atoms with van der Waals surface area (Å²) in [6, 6.07) is 7.38. The van der Waals surface area contributed by atoms with E-state index in [1.165, 1.54) is 19.1 Å². The minimum atomic E-state index is -6.23. The third kappa shape index (κ3) is 8.09. The van der Waals surface area contributed by atoms with Crippen molar-refractivity contribution in [1.82, 2.24) is 0 Å². The Balaban J connectivity index is 2.04. The molecule has 19 heteroatoms. The highest BCUT2D eigenvalue weighted by molar-refractivity contribution is 6.34. The van der Waals surface area contributed by atoms with Gasteiger partial charge >= 0.3 is 19.2 Å². The van der Waals surface area contributed by atoms with E-state index in [9.17, 15) is 57.9 Å². The molecule has 1 unspecified atom stereocenters. The summed E-state index contributed by atoms with van der Waals surface area (Å²) < 4.78 is 158. The quantitative estimate of drug-likeness (QED) is 0.202. The van der Waals surface area contributed by atoms with Crippen LogP contribution in [0.1, 0.15) is 33.2 Å². The Kier molecular flexibility index (Phi) is 11.1. The molecule has 0 aliphatic rings. The third-order valence-corrected chi connectivity index (χ3v) is 6.57. The number of methoxy groups -OCH3 is 1. The van der Waals surface area contributed by atoms with Gasteiger partial charge in [-0.25, -0.2) is 13.2 Å². The van der Waals surface area contributed by atoms with Gasteiger partial charge in [-0.1, -0.05) is 17.7 Å². The van der Waals surface area contributed by atoms with Crippen molar-refractivity contribution in [1.29, 1.82) is 0 Å². The molecule has 7 nitrogen and oxygen atoms in total. The summed E-state index contributed by atoms with van der Waals surface area (Å²) in [5.74, 6) is -4.39. The first-order valence-corrected chi connectivity index (χ1v) is 13.1. The molecule has 3 aromatic carbocycles. The average Bonchev–Trinajstić information content (AvgIpc) is 2.96. The number of amides is 2. The van der Waals surface area contributed by atoms with Crippen LogP contribution in [0.15, 0.2) is 54.6 Å². The normalized spacial score (nSPS) is 13.3. The van der Waals surface area contributed by atoms with Crippen molar-refractivity contribution in [3.8, 4) is 17.2 Å². The Labute approximate surface area is 262 Å². The van der Waals surface area contributed by atoms with Crippen molar-refractivity contribution in [2.45, 2.75) is 38.2 Å². The van der Waals surface area contributed by atoms with Crippen LogP contribution in [0.25, 0.3) is 0 Å². The van der Waals surface area contributed by atoms with E-state index in [2.05, 4.69) is 9.47 Å². The molecule has 0 spiro atoms. The molecule has 1 N–H and O–H groups in total. The van der Waals surface area contributed by atoms with Crippen LogP contribution in [0.5, 0.6) is 17.2 Å². The average molecular weight is 709 g/mol. The molecule has 0 heterocycles. The van der Waals surface area contributed by atoms with Crippen LogP contribution in [0.4, 0.5) is 59.7 Å². The van der Waals surface area contributed by atoms with Crippen LogP contribution < -0.4 is 24.4 Å². The predicted molar refractivity (Wildman–Crippen MR) is 144 cm³/mol. The lowest BCUT2D eigenvalue weighted by Gasteiger charge is -2.28. The van der Waals surface area contributed by atoms with Crippen LogP contribution in [0.2, 0.25) is 5.02 Å². The maximum absolute atomic E-state index is 14.7. The molecule has 47 heavy (non-hydrogen) atoms. The molecule has 0 saturated carbocycles. The van der Waals surface area contributed by atoms with Gasteiger partial charge in [-0.15, -0.1) is 13.2 Å². The fourth-order valence-corrected chi connectivity index (χ4v) is 4.46. The lowest BCUT2D eigenvalue weighted by atomic mass is 9.94. The summed E-state index contributed by atoms with van der Waals surface area (Å²) in [6.07, 6.45) is -15.9. The minimum absolute atomic E-state index is 0.0469. The predicted octanol–water partition coefficient (Wildman–Crippen LogP) is 8.76. The number of nitrogens with one attached hydrogen (secondary N) is 1. The van der Waals surface area contributed by atoms with E-state index in [1.54, 1.807) is 0 Å². The third-order valence-electron chi connectivity index (χ3n) is 6.27. The van der Waals surface area contributed by atoms with Crippen molar-refractivity contribution in [2.24, 2.45) is 0 Å². The number of anilines is 2. The molecule has 3 rings (SSSR count). The number of hydrogen-bond acceptors (Lipinski definition) is 5. The maximum Gasteiger partial charge on any atom is 0.573 e. The summed E-state index contributed by atoms with van der Waals surface area (Å²) in [4.78, 5) is 27.6. The summed E-state index contributed by atoms with van der Waals surface area (Å²) in [6.45, 7) is -2.42. The van der Waals surface area contributed by atoms with Crippen molar-refractivity contribution < 1.29 is 72.1 Å². The number of halogens is 12. The lowest BCUT2D eigenvalue weighted by Crippen LogP contribution is -2.44. The van der Waals surface area contributed by atoms with Gasteiger partial charge in [0.05, 0.1) is 23.4 Å². The van der Waals surface area contributed by atoms with Gasteiger partial charge < -0.3 is 24.4 Å². The first kappa shape index (κ1) is 37.0. The Morgan fingerprint density at radius 1 is 0.936 bits per heavy atom. The van der Waals surface area contributed by atoms with E-state index in [0.717, 1.165) is 42.3 Å². The Morgan fingerprint density at radius 3 is 2.04 bits per heavy atom. The van der Waals surface area contributed by atoms with E-state index >= 15 is 0 Å². The number of carbonyl (C=O) groups excluding carboxylic acids is 2. The van der Waals surface area contributed by atoms with Gasteiger partial charge in [-0.05, 0) is 55.5 Å². The molecule has 3 aromatic rings. The number of benzene rings is 3. The smallest absolute Gasteiger partial charge is 0.494 e. The molecular formula is C28H20ClF11N2O5. The zero-order chi connectivity index (χ0) is 35.5. The molecular weight excluding hydrogens is 689 g/mol. The summed E-state index contributed by atoms with van der Waals surface area (Å²) >= 11 is 5.87. The van der Waals surface area contributed by atoms with Crippen molar-refractivity contribution in [3.63, 3.8) is 0 Å². The van der Waals surface area contributed by atoms with Crippen LogP contribution in [0.3, 0.4) is 0 Å². The molecule has 0 radical (unpaired) electrons. The molecule has 0 aliphatic carbocycles. The van der Waals surface area contributed by atoms with Crippen molar-refractivity contribution in [3.05, 3.63) is 76.3 Å². The fraction of sp³-hybridized carbons (Fsp3) is 0.286. The van der Waals surface area contributed by atoms with Gasteiger partial charge in [0.15, 0.2) is 11.5 Å². The fourth-order valence-electron chi connectivity index (χ4n) is 4.21. The zero-order valence-corrected chi connectivity index (χ0v) is 24.3. The largest absolute Gasteiger partial charge is 0.573 e. The van der Waals surface area contributed by atoms with Crippen LogP contribution >= 0.6 is 11.6 Å². The highest BCUT2D eigenvalue weighted by Gasteiger charge is 2.64. The molecule has 0 fully saturated rings. The maximum atomic E-state index is 14.7. The molecule has 0 bridgehead atoms. The molecule has 1 atom stereocenters. The van der Waals surface area contributed by atoms with E-state index in [0.29, 0.717) is 0 Å². The topological polar surface area (TPSA) is 77.1 Å². The molecule has 0 aromatic heterocycles. The summed E-state index contributed by atoms with van der Waals surface area (Å²) in [7, 11) is 1.06. The van der Waals surface area contributed by atoms with Crippen LogP contribution in [-0.4, -0.2) is 51.0 Å². The Morgan fingerprint density at radius 2 is 1.55 bits per heavy atom. The monoisotopic (exact) mass is 708 g/mol. The van der Waals surface area contributed by atoms with Gasteiger partial charge in [0, 0.05) is 17.7 Å². The van der Waals surface area contributed by atoms with Crippen LogP contribution in [0, 0.1) is 0 Å². The van der Waals surface area contributed by atoms with E-state index in [1.807, 2.05) is 5.32 Å². The SMILES string of the molecule is CCN(C(=O)c1ccc(OC(F)(F)F)cc1)c1cccc(C(=O)Nc2c(Cl)cc(C(F)(C(F)F)C(F)(F)F)cc2OC(F)F)c1OC. The molecule has 256 valence electrons. The number of alkyl halides is 11. The second-order valence-electron chi connectivity index (χ2n) is 9.15.